The summed E-state index contributed by atoms with van der Waals surface area (Å²) in [5.74, 6) is -0.684. The molecule has 18 heavy (non-hydrogen) atoms. The minimum absolute atomic E-state index is 0.0912. The molecule has 5 heteroatoms. The third-order valence-electron chi connectivity index (χ3n) is 3.32. The van der Waals surface area contributed by atoms with Gasteiger partial charge in [-0.25, -0.2) is 9.37 Å². The number of nitrogens with one attached hydrogen (secondary N) is 2. The van der Waals surface area contributed by atoms with E-state index in [4.69, 9.17) is 0 Å². The highest BCUT2D eigenvalue weighted by atomic mass is 19.1. The quantitative estimate of drug-likeness (QED) is 0.852. The van der Waals surface area contributed by atoms with E-state index in [9.17, 15) is 9.18 Å². The standard InChI is InChI=1S/C13H18FN3O/c1-13(5-2-6-15-8-13)9-17-12(18)11-4-3-10(14)7-16-11/h3-4,7,15H,2,5-6,8-9H2,1H3,(H,17,18). The van der Waals surface area contributed by atoms with Gasteiger partial charge in [-0.05, 0) is 36.9 Å². The van der Waals surface area contributed by atoms with Crippen LogP contribution in [0.15, 0.2) is 18.3 Å². The van der Waals surface area contributed by atoms with Crippen molar-refractivity contribution >= 4 is 5.91 Å². The van der Waals surface area contributed by atoms with Crippen LogP contribution in [0.2, 0.25) is 0 Å². The molecule has 1 aliphatic rings. The van der Waals surface area contributed by atoms with E-state index in [1.807, 2.05) is 0 Å². The lowest BCUT2D eigenvalue weighted by molar-refractivity contribution is 0.0919. The van der Waals surface area contributed by atoms with E-state index in [0.29, 0.717) is 6.54 Å². The lowest BCUT2D eigenvalue weighted by atomic mass is 9.83. The van der Waals surface area contributed by atoms with Gasteiger partial charge in [0.2, 0.25) is 0 Å². The molecule has 1 amide bonds. The average Bonchev–Trinajstić information content (AvgIpc) is 2.38. The molecular weight excluding hydrogens is 233 g/mol. The summed E-state index contributed by atoms with van der Waals surface area (Å²) in [6, 6.07) is 2.64. The molecule has 0 spiro atoms. The van der Waals surface area contributed by atoms with Crippen LogP contribution in [0.4, 0.5) is 4.39 Å². The number of nitrogens with zero attached hydrogens (tertiary/aromatic N) is 1. The van der Waals surface area contributed by atoms with Gasteiger partial charge in [0.15, 0.2) is 0 Å². The highest BCUT2D eigenvalue weighted by Crippen LogP contribution is 2.24. The molecule has 98 valence electrons. The fraction of sp³-hybridized carbons (Fsp3) is 0.538. The summed E-state index contributed by atoms with van der Waals surface area (Å²) in [6.45, 7) is 4.71. The smallest absolute Gasteiger partial charge is 0.269 e. The molecular formula is C13H18FN3O. The van der Waals surface area contributed by atoms with Crippen molar-refractivity contribution in [2.75, 3.05) is 19.6 Å². The first-order valence-electron chi connectivity index (χ1n) is 6.20. The zero-order chi connectivity index (χ0) is 13.0. The van der Waals surface area contributed by atoms with Gasteiger partial charge in [0, 0.05) is 13.1 Å². The molecule has 2 N–H and O–H groups in total. The lowest BCUT2D eigenvalue weighted by Crippen LogP contribution is -2.45. The molecule has 1 unspecified atom stereocenters. The second kappa shape index (κ2) is 5.44. The first-order chi connectivity index (χ1) is 8.59. The van der Waals surface area contributed by atoms with Crippen molar-refractivity contribution in [3.63, 3.8) is 0 Å². The van der Waals surface area contributed by atoms with Crippen LogP contribution in [0.1, 0.15) is 30.3 Å². The van der Waals surface area contributed by atoms with Crippen LogP contribution in [0.3, 0.4) is 0 Å². The minimum Gasteiger partial charge on any atom is -0.350 e. The predicted octanol–water partition coefficient (Wildman–Crippen LogP) is 1.34. The third-order valence-corrected chi connectivity index (χ3v) is 3.32. The van der Waals surface area contributed by atoms with Crippen LogP contribution < -0.4 is 10.6 Å². The molecule has 0 aromatic carbocycles. The van der Waals surface area contributed by atoms with Gasteiger partial charge in [-0.1, -0.05) is 6.92 Å². The Labute approximate surface area is 106 Å². The summed E-state index contributed by atoms with van der Waals surface area (Å²) < 4.78 is 12.7. The Morgan fingerprint density at radius 3 is 3.06 bits per heavy atom. The molecule has 2 heterocycles. The van der Waals surface area contributed by atoms with Crippen molar-refractivity contribution in [2.24, 2.45) is 5.41 Å². The van der Waals surface area contributed by atoms with E-state index in [1.54, 1.807) is 0 Å². The topological polar surface area (TPSA) is 54.0 Å². The maximum absolute atomic E-state index is 12.7. The maximum atomic E-state index is 12.7. The van der Waals surface area contributed by atoms with Gasteiger partial charge in [0.05, 0.1) is 6.20 Å². The van der Waals surface area contributed by atoms with Crippen LogP contribution in [0.25, 0.3) is 0 Å². The first kappa shape index (κ1) is 13.0. The number of piperidine rings is 1. The van der Waals surface area contributed by atoms with Crippen molar-refractivity contribution < 1.29 is 9.18 Å². The van der Waals surface area contributed by atoms with E-state index >= 15 is 0 Å². The minimum atomic E-state index is -0.435. The molecule has 1 saturated heterocycles. The molecule has 0 bridgehead atoms. The number of pyridine rings is 1. The van der Waals surface area contributed by atoms with Crippen molar-refractivity contribution in [3.8, 4) is 0 Å². The number of hydrogen-bond acceptors (Lipinski definition) is 3. The van der Waals surface area contributed by atoms with Gasteiger partial charge in [0.25, 0.3) is 5.91 Å². The summed E-state index contributed by atoms with van der Waals surface area (Å²) in [5.41, 5.74) is 0.345. The highest BCUT2D eigenvalue weighted by Gasteiger charge is 2.27. The molecule has 0 radical (unpaired) electrons. The van der Waals surface area contributed by atoms with Gasteiger partial charge in [-0.2, -0.15) is 0 Å². The second-order valence-corrected chi connectivity index (χ2v) is 5.14. The molecule has 0 saturated carbocycles. The molecule has 1 atom stereocenters. The van der Waals surface area contributed by atoms with Crippen LogP contribution in [-0.2, 0) is 0 Å². The van der Waals surface area contributed by atoms with Crippen LogP contribution in [-0.4, -0.2) is 30.5 Å². The van der Waals surface area contributed by atoms with Gasteiger partial charge in [-0.15, -0.1) is 0 Å². The third kappa shape index (κ3) is 3.26. The Morgan fingerprint density at radius 2 is 2.44 bits per heavy atom. The SMILES string of the molecule is CC1(CNC(=O)c2ccc(F)cn2)CCCNC1. The lowest BCUT2D eigenvalue weighted by Gasteiger charge is -2.34. The molecule has 0 aliphatic carbocycles. The van der Waals surface area contributed by atoms with E-state index in [2.05, 4.69) is 22.5 Å². The zero-order valence-corrected chi connectivity index (χ0v) is 10.5. The average molecular weight is 251 g/mol. The van der Waals surface area contributed by atoms with Crippen molar-refractivity contribution in [1.29, 1.82) is 0 Å². The zero-order valence-electron chi connectivity index (χ0n) is 10.5. The summed E-state index contributed by atoms with van der Waals surface area (Å²) in [6.07, 6.45) is 3.27. The Balaban J connectivity index is 1.89. The summed E-state index contributed by atoms with van der Waals surface area (Å²) in [4.78, 5) is 15.6. The maximum Gasteiger partial charge on any atom is 0.269 e. The molecule has 4 nitrogen and oxygen atoms in total. The molecule has 1 aromatic rings. The number of rotatable bonds is 3. The number of carbonyl (C=O) groups is 1. The van der Waals surface area contributed by atoms with Gasteiger partial charge in [0.1, 0.15) is 11.5 Å². The Hall–Kier alpha value is -1.49. The van der Waals surface area contributed by atoms with E-state index in [1.165, 1.54) is 12.1 Å². The fourth-order valence-electron chi connectivity index (χ4n) is 2.16. The van der Waals surface area contributed by atoms with Gasteiger partial charge in [-0.3, -0.25) is 4.79 Å². The van der Waals surface area contributed by atoms with Crippen LogP contribution in [0, 0.1) is 11.2 Å². The highest BCUT2D eigenvalue weighted by molar-refractivity contribution is 5.92. The van der Waals surface area contributed by atoms with Gasteiger partial charge < -0.3 is 10.6 Å². The molecule has 2 rings (SSSR count). The number of carbonyl (C=O) groups excluding carboxylic acids is 1. The van der Waals surface area contributed by atoms with Crippen molar-refractivity contribution in [3.05, 3.63) is 29.8 Å². The Kier molecular flexibility index (Phi) is 3.91. The number of aromatic nitrogens is 1. The largest absolute Gasteiger partial charge is 0.350 e. The predicted molar refractivity (Wildman–Crippen MR) is 66.7 cm³/mol. The number of hydrogen-bond donors (Lipinski definition) is 2. The second-order valence-electron chi connectivity index (χ2n) is 5.14. The summed E-state index contributed by atoms with van der Waals surface area (Å²) in [5, 5.41) is 6.19. The summed E-state index contributed by atoms with van der Waals surface area (Å²) in [7, 11) is 0. The fourth-order valence-corrected chi connectivity index (χ4v) is 2.16. The van der Waals surface area contributed by atoms with Crippen molar-refractivity contribution in [2.45, 2.75) is 19.8 Å². The first-order valence-corrected chi connectivity index (χ1v) is 6.20. The van der Waals surface area contributed by atoms with Gasteiger partial charge >= 0.3 is 0 Å². The molecule has 1 fully saturated rings. The Morgan fingerprint density at radius 1 is 1.61 bits per heavy atom. The van der Waals surface area contributed by atoms with E-state index in [-0.39, 0.29) is 17.0 Å². The summed E-state index contributed by atoms with van der Waals surface area (Å²) >= 11 is 0. The Bertz CT molecular complexity index is 413. The van der Waals surface area contributed by atoms with Crippen LogP contribution >= 0.6 is 0 Å². The molecule has 1 aliphatic heterocycles. The molecule has 1 aromatic heterocycles. The van der Waals surface area contributed by atoms with Crippen molar-refractivity contribution in [1.82, 2.24) is 15.6 Å². The number of amides is 1. The monoisotopic (exact) mass is 251 g/mol. The number of halogens is 1. The van der Waals surface area contributed by atoms with Crippen LogP contribution in [0.5, 0.6) is 0 Å². The van der Waals surface area contributed by atoms with E-state index in [0.717, 1.165) is 32.1 Å². The normalized spacial score (nSPS) is 23.7. The van der Waals surface area contributed by atoms with E-state index < -0.39 is 5.82 Å².